The van der Waals surface area contributed by atoms with Gasteiger partial charge in [-0.05, 0) is 37.1 Å². The van der Waals surface area contributed by atoms with E-state index in [1.54, 1.807) is 23.1 Å². The number of hydrogen-bond acceptors (Lipinski definition) is 5. The van der Waals surface area contributed by atoms with Gasteiger partial charge in [0.2, 0.25) is 5.91 Å². The molecule has 0 aliphatic heterocycles. The van der Waals surface area contributed by atoms with E-state index in [1.807, 2.05) is 26.0 Å². The van der Waals surface area contributed by atoms with Gasteiger partial charge in [-0.3, -0.25) is 9.78 Å². The first kappa shape index (κ1) is 18.7. The van der Waals surface area contributed by atoms with Gasteiger partial charge in [0.15, 0.2) is 5.13 Å². The van der Waals surface area contributed by atoms with Crippen molar-refractivity contribution in [3.8, 4) is 27.5 Å². The number of nitrogens with one attached hydrogen (secondary N) is 1. The van der Waals surface area contributed by atoms with Crippen LogP contribution in [0.5, 0.6) is 0 Å². The molecular weight excluding hydrogens is 400 g/mol. The summed E-state index contributed by atoms with van der Waals surface area (Å²) in [7, 11) is 1.85. The van der Waals surface area contributed by atoms with Crippen LogP contribution in [0.2, 0.25) is 0 Å². The Morgan fingerprint density at radius 1 is 1.30 bits per heavy atom. The molecule has 9 heteroatoms. The number of benzene rings is 1. The van der Waals surface area contributed by atoms with E-state index in [4.69, 9.17) is 5.10 Å². The summed E-state index contributed by atoms with van der Waals surface area (Å²) in [6.07, 6.45) is 4.94. The number of halogens is 1. The molecule has 0 fully saturated rings. The van der Waals surface area contributed by atoms with E-state index in [-0.39, 0.29) is 11.7 Å². The SMILES string of the molecule is Bc1ccc(-n2nc(-c3cccnc3)c3c2-c2sc(NC(C)=O)nc2CC3)c(F)c1. The molecule has 5 rings (SSSR count). The first-order chi connectivity index (χ1) is 14.5. The van der Waals surface area contributed by atoms with E-state index in [0.717, 1.165) is 51.4 Å². The molecule has 4 aromatic rings. The molecule has 1 amide bonds. The molecule has 0 spiro atoms. The highest BCUT2D eigenvalue weighted by Crippen LogP contribution is 2.44. The third-order valence-electron chi connectivity index (χ3n) is 5.06. The molecule has 0 bridgehead atoms. The van der Waals surface area contributed by atoms with Crippen molar-refractivity contribution in [2.24, 2.45) is 0 Å². The van der Waals surface area contributed by atoms with E-state index in [0.29, 0.717) is 10.8 Å². The Hall–Kier alpha value is -3.33. The van der Waals surface area contributed by atoms with Crippen molar-refractivity contribution < 1.29 is 9.18 Å². The number of nitrogens with zero attached hydrogens (tertiary/aromatic N) is 4. The molecule has 1 aliphatic carbocycles. The first-order valence-electron chi connectivity index (χ1n) is 9.57. The number of thiazole rings is 1. The smallest absolute Gasteiger partial charge is 0.223 e. The third-order valence-corrected chi connectivity index (χ3v) is 6.08. The largest absolute Gasteiger partial charge is 0.302 e. The number of aromatic nitrogens is 4. The molecule has 148 valence electrons. The summed E-state index contributed by atoms with van der Waals surface area (Å²) in [5.41, 5.74) is 5.65. The lowest BCUT2D eigenvalue weighted by molar-refractivity contribution is -0.114. The van der Waals surface area contributed by atoms with Gasteiger partial charge < -0.3 is 5.32 Å². The Labute approximate surface area is 177 Å². The predicted octanol–water partition coefficient (Wildman–Crippen LogP) is 2.51. The van der Waals surface area contributed by atoms with Crippen molar-refractivity contribution in [2.75, 3.05) is 5.32 Å². The average Bonchev–Trinajstić information content (AvgIpc) is 3.29. The van der Waals surface area contributed by atoms with Gasteiger partial charge in [-0.2, -0.15) is 5.10 Å². The lowest BCUT2D eigenvalue weighted by Crippen LogP contribution is -2.10. The lowest BCUT2D eigenvalue weighted by atomic mass is 9.95. The van der Waals surface area contributed by atoms with Crippen LogP contribution in [0.3, 0.4) is 0 Å². The lowest BCUT2D eigenvalue weighted by Gasteiger charge is -2.14. The van der Waals surface area contributed by atoms with Crippen molar-refractivity contribution in [3.05, 3.63) is 59.8 Å². The standard InChI is InChI=1S/C21H17BFN5OS/c1-11(29)25-21-26-16-6-5-14-18(12-3-2-8-24-10-12)27-28(19(14)20(16)30-21)17-7-4-13(22)9-15(17)23/h2-4,7-10H,5-6,22H2,1H3,(H,25,26,29). The van der Waals surface area contributed by atoms with Crippen LogP contribution in [-0.2, 0) is 17.6 Å². The van der Waals surface area contributed by atoms with Crippen molar-refractivity contribution >= 4 is 35.7 Å². The molecule has 6 nitrogen and oxygen atoms in total. The second-order valence-electron chi connectivity index (χ2n) is 7.26. The second-order valence-corrected chi connectivity index (χ2v) is 8.26. The number of anilines is 1. The van der Waals surface area contributed by atoms with Gasteiger partial charge in [0.1, 0.15) is 19.4 Å². The maximum Gasteiger partial charge on any atom is 0.223 e. The van der Waals surface area contributed by atoms with E-state index in [9.17, 15) is 9.18 Å². The summed E-state index contributed by atoms with van der Waals surface area (Å²) in [5, 5.41) is 8.13. The van der Waals surface area contributed by atoms with Crippen LogP contribution in [0, 0.1) is 5.82 Å². The van der Waals surface area contributed by atoms with Crippen LogP contribution < -0.4 is 10.8 Å². The highest BCUT2D eigenvalue weighted by atomic mass is 32.1. The van der Waals surface area contributed by atoms with E-state index in [2.05, 4.69) is 15.3 Å². The highest BCUT2D eigenvalue weighted by molar-refractivity contribution is 7.19. The molecule has 3 aromatic heterocycles. The fraction of sp³-hybridized carbons (Fsp3) is 0.143. The predicted molar refractivity (Wildman–Crippen MR) is 118 cm³/mol. The summed E-state index contributed by atoms with van der Waals surface area (Å²) >= 11 is 1.39. The van der Waals surface area contributed by atoms with Gasteiger partial charge in [-0.15, -0.1) is 0 Å². The third kappa shape index (κ3) is 3.11. The summed E-state index contributed by atoms with van der Waals surface area (Å²) in [6, 6.07) is 8.94. The fourth-order valence-corrected chi connectivity index (χ4v) is 4.88. The summed E-state index contributed by atoms with van der Waals surface area (Å²) in [6.45, 7) is 1.46. The molecular formula is C21H17BFN5OS. The molecule has 0 unspecified atom stereocenters. The number of pyridine rings is 1. The molecule has 1 aliphatic rings. The van der Waals surface area contributed by atoms with Gasteiger partial charge in [-0.1, -0.05) is 22.9 Å². The van der Waals surface area contributed by atoms with Gasteiger partial charge in [0.05, 0.1) is 22.0 Å². The topological polar surface area (TPSA) is 72.7 Å². The molecule has 1 aromatic carbocycles. The number of carbonyl (C=O) groups is 1. The molecule has 0 saturated carbocycles. The quantitative estimate of drug-likeness (QED) is 0.520. The fourth-order valence-electron chi connectivity index (χ4n) is 3.77. The first-order valence-corrected chi connectivity index (χ1v) is 10.4. The van der Waals surface area contributed by atoms with Gasteiger partial charge in [0, 0.05) is 30.4 Å². The van der Waals surface area contributed by atoms with Crippen LogP contribution >= 0.6 is 11.3 Å². The normalized spacial score (nSPS) is 12.3. The summed E-state index contributed by atoms with van der Waals surface area (Å²) in [5.74, 6) is -0.507. The number of fused-ring (bicyclic) bond motifs is 3. The Bertz CT molecular complexity index is 1280. The van der Waals surface area contributed by atoms with Crippen molar-refractivity contribution in [1.82, 2.24) is 19.7 Å². The van der Waals surface area contributed by atoms with E-state index >= 15 is 0 Å². The highest BCUT2D eigenvalue weighted by Gasteiger charge is 2.30. The second kappa shape index (κ2) is 7.18. The number of carbonyl (C=O) groups excluding carboxylic acids is 1. The van der Waals surface area contributed by atoms with Crippen molar-refractivity contribution in [2.45, 2.75) is 19.8 Å². The van der Waals surface area contributed by atoms with Crippen LogP contribution in [0.1, 0.15) is 18.2 Å². The number of hydrogen-bond donors (Lipinski definition) is 1. The number of rotatable bonds is 3. The van der Waals surface area contributed by atoms with Gasteiger partial charge >= 0.3 is 0 Å². The summed E-state index contributed by atoms with van der Waals surface area (Å²) in [4.78, 5) is 21.2. The number of aryl methyl sites for hydroxylation is 1. The minimum atomic E-state index is -0.336. The van der Waals surface area contributed by atoms with Crippen molar-refractivity contribution in [1.29, 1.82) is 0 Å². The number of amides is 1. The molecule has 1 N–H and O–H groups in total. The van der Waals surface area contributed by atoms with Crippen LogP contribution in [-0.4, -0.2) is 33.5 Å². The zero-order valence-electron chi connectivity index (χ0n) is 16.4. The van der Waals surface area contributed by atoms with Crippen molar-refractivity contribution in [3.63, 3.8) is 0 Å². The minimum absolute atomic E-state index is 0.171. The zero-order valence-corrected chi connectivity index (χ0v) is 17.3. The maximum absolute atomic E-state index is 14.9. The minimum Gasteiger partial charge on any atom is -0.302 e. The van der Waals surface area contributed by atoms with E-state index < -0.39 is 0 Å². The molecule has 0 saturated heterocycles. The van der Waals surface area contributed by atoms with E-state index in [1.165, 1.54) is 24.3 Å². The molecule has 30 heavy (non-hydrogen) atoms. The van der Waals surface area contributed by atoms with Gasteiger partial charge in [-0.25, -0.2) is 14.1 Å². The van der Waals surface area contributed by atoms with Crippen LogP contribution in [0.25, 0.3) is 27.5 Å². The Morgan fingerprint density at radius 3 is 2.90 bits per heavy atom. The molecule has 3 heterocycles. The molecule has 0 radical (unpaired) electrons. The summed E-state index contributed by atoms with van der Waals surface area (Å²) < 4.78 is 16.6. The zero-order chi connectivity index (χ0) is 20.8. The monoisotopic (exact) mass is 417 g/mol. The van der Waals surface area contributed by atoms with Crippen LogP contribution in [0.4, 0.5) is 9.52 Å². The Kier molecular flexibility index (Phi) is 4.47. The van der Waals surface area contributed by atoms with Crippen LogP contribution in [0.15, 0.2) is 42.7 Å². The van der Waals surface area contributed by atoms with Gasteiger partial charge in [0.25, 0.3) is 0 Å². The molecule has 0 atom stereocenters. The average molecular weight is 417 g/mol. The maximum atomic E-state index is 14.9. The Balaban J connectivity index is 1.77. The Morgan fingerprint density at radius 2 is 2.17 bits per heavy atom.